The molecule has 1 fully saturated rings. The molecule has 1 aliphatic rings. The van der Waals surface area contributed by atoms with E-state index in [-0.39, 0.29) is 0 Å². The number of hydrogen-bond acceptors (Lipinski definition) is 4. The highest BCUT2D eigenvalue weighted by Crippen LogP contribution is 2.21. The van der Waals surface area contributed by atoms with Crippen molar-refractivity contribution in [3.05, 3.63) is 43.0 Å². The zero-order valence-corrected chi connectivity index (χ0v) is 12.3. The highest BCUT2D eigenvalue weighted by atomic mass is 16.5. The van der Waals surface area contributed by atoms with Crippen LogP contribution < -0.4 is 10.6 Å². The quantitative estimate of drug-likeness (QED) is 0.883. The topological polar surface area (TPSA) is 51.1 Å². The molecular weight excluding hydrogens is 264 g/mol. The van der Waals surface area contributed by atoms with E-state index in [1.54, 1.807) is 6.20 Å². The Labute approximate surface area is 125 Å². The molecule has 5 heteroatoms. The van der Waals surface area contributed by atoms with Gasteiger partial charge in [-0.2, -0.15) is 0 Å². The monoisotopic (exact) mass is 286 g/mol. The van der Waals surface area contributed by atoms with Crippen molar-refractivity contribution in [1.29, 1.82) is 0 Å². The van der Waals surface area contributed by atoms with Crippen molar-refractivity contribution >= 4 is 5.69 Å². The first-order valence-corrected chi connectivity index (χ1v) is 7.48. The van der Waals surface area contributed by atoms with Gasteiger partial charge in [0.15, 0.2) is 0 Å². The Balaban J connectivity index is 1.67. The zero-order chi connectivity index (χ0) is 14.5. The van der Waals surface area contributed by atoms with E-state index in [1.807, 2.05) is 23.2 Å². The largest absolute Gasteiger partial charge is 0.381 e. The molecule has 1 aliphatic heterocycles. The summed E-state index contributed by atoms with van der Waals surface area (Å²) in [5.41, 5.74) is 2.24. The molecule has 0 spiro atoms. The Hall–Kier alpha value is -1.85. The Morgan fingerprint density at radius 3 is 3.14 bits per heavy atom. The Bertz CT molecular complexity index is 549. The molecule has 2 unspecified atom stereocenters. The summed E-state index contributed by atoms with van der Waals surface area (Å²) in [6.45, 7) is 4.78. The van der Waals surface area contributed by atoms with Gasteiger partial charge in [0, 0.05) is 31.0 Å². The van der Waals surface area contributed by atoms with Crippen molar-refractivity contribution in [2.75, 3.05) is 25.1 Å². The lowest BCUT2D eigenvalue weighted by Crippen LogP contribution is -2.43. The summed E-state index contributed by atoms with van der Waals surface area (Å²) < 4.78 is 7.54. The second-order valence-corrected chi connectivity index (χ2v) is 5.49. The van der Waals surface area contributed by atoms with Gasteiger partial charge in [0.25, 0.3) is 0 Å². The van der Waals surface area contributed by atoms with E-state index in [0.717, 1.165) is 37.6 Å². The summed E-state index contributed by atoms with van der Waals surface area (Å²) >= 11 is 0. The van der Waals surface area contributed by atoms with Gasteiger partial charge in [0.05, 0.1) is 30.9 Å². The average Bonchev–Trinajstić information content (AvgIpc) is 3.03. The summed E-state index contributed by atoms with van der Waals surface area (Å²) in [7, 11) is 0. The van der Waals surface area contributed by atoms with E-state index in [9.17, 15) is 0 Å². The first-order chi connectivity index (χ1) is 10.3. The van der Waals surface area contributed by atoms with Crippen molar-refractivity contribution in [3.63, 3.8) is 0 Å². The third kappa shape index (κ3) is 3.62. The predicted molar refractivity (Wildman–Crippen MR) is 83.9 cm³/mol. The van der Waals surface area contributed by atoms with Gasteiger partial charge in [-0.25, -0.2) is 4.98 Å². The molecule has 2 heterocycles. The predicted octanol–water partition coefficient (Wildman–Crippen LogP) is 2.05. The minimum absolute atomic E-state index is 0.369. The number of anilines is 1. The van der Waals surface area contributed by atoms with Crippen molar-refractivity contribution in [2.45, 2.75) is 25.4 Å². The standard InChI is InChI=1S/C16H22N4O/c1-13(10-14-11-21-9-7-18-14)19-15-4-2-3-5-16(15)20-8-6-17-12-20/h2-6,8,12-14,18-19H,7,9-11H2,1H3. The van der Waals surface area contributed by atoms with Crippen molar-refractivity contribution < 1.29 is 4.74 Å². The fraction of sp³-hybridized carbons (Fsp3) is 0.438. The summed E-state index contributed by atoms with van der Waals surface area (Å²) in [5.74, 6) is 0. The van der Waals surface area contributed by atoms with Crippen LogP contribution in [0.3, 0.4) is 0 Å². The smallest absolute Gasteiger partial charge is 0.0992 e. The highest BCUT2D eigenvalue weighted by Gasteiger charge is 2.16. The number of benzene rings is 1. The van der Waals surface area contributed by atoms with Crippen molar-refractivity contribution in [2.24, 2.45) is 0 Å². The molecular formula is C16H22N4O. The maximum Gasteiger partial charge on any atom is 0.0992 e. The lowest BCUT2D eigenvalue weighted by atomic mass is 10.1. The SMILES string of the molecule is CC(CC1COCCN1)Nc1ccccc1-n1ccnc1. The number of morpholine rings is 1. The molecule has 0 aliphatic carbocycles. The Morgan fingerprint density at radius 2 is 2.38 bits per heavy atom. The molecule has 1 saturated heterocycles. The van der Waals surface area contributed by atoms with E-state index >= 15 is 0 Å². The molecule has 0 radical (unpaired) electrons. The third-order valence-electron chi connectivity index (χ3n) is 3.73. The summed E-state index contributed by atoms with van der Waals surface area (Å²) in [5, 5.41) is 7.10. The number of para-hydroxylation sites is 2. The minimum atomic E-state index is 0.369. The fourth-order valence-corrected chi connectivity index (χ4v) is 2.74. The molecule has 0 amide bonds. The van der Waals surface area contributed by atoms with Gasteiger partial charge in [0.1, 0.15) is 0 Å². The maximum absolute atomic E-state index is 5.51. The summed E-state index contributed by atoms with van der Waals surface area (Å²) in [6.07, 6.45) is 6.62. The zero-order valence-electron chi connectivity index (χ0n) is 12.3. The van der Waals surface area contributed by atoms with Crippen LogP contribution in [0.2, 0.25) is 0 Å². The lowest BCUT2D eigenvalue weighted by Gasteiger charge is -2.27. The van der Waals surface area contributed by atoms with Crippen LogP contribution in [-0.4, -0.2) is 41.4 Å². The van der Waals surface area contributed by atoms with Gasteiger partial charge in [-0.15, -0.1) is 0 Å². The van der Waals surface area contributed by atoms with E-state index in [2.05, 4.69) is 40.7 Å². The van der Waals surface area contributed by atoms with Gasteiger partial charge in [-0.1, -0.05) is 12.1 Å². The van der Waals surface area contributed by atoms with Crippen LogP contribution >= 0.6 is 0 Å². The van der Waals surface area contributed by atoms with Crippen LogP contribution in [0.15, 0.2) is 43.0 Å². The van der Waals surface area contributed by atoms with Crippen molar-refractivity contribution in [3.8, 4) is 5.69 Å². The number of ether oxygens (including phenoxy) is 1. The van der Waals surface area contributed by atoms with Gasteiger partial charge < -0.3 is 19.9 Å². The van der Waals surface area contributed by atoms with E-state index < -0.39 is 0 Å². The first-order valence-electron chi connectivity index (χ1n) is 7.48. The fourth-order valence-electron chi connectivity index (χ4n) is 2.74. The van der Waals surface area contributed by atoms with Crippen LogP contribution in [0.4, 0.5) is 5.69 Å². The number of aromatic nitrogens is 2. The lowest BCUT2D eigenvalue weighted by molar-refractivity contribution is 0.0731. The number of nitrogens with one attached hydrogen (secondary N) is 2. The molecule has 3 rings (SSSR count). The molecule has 112 valence electrons. The second-order valence-electron chi connectivity index (χ2n) is 5.49. The Morgan fingerprint density at radius 1 is 1.48 bits per heavy atom. The van der Waals surface area contributed by atoms with Crippen LogP contribution in [0.25, 0.3) is 5.69 Å². The van der Waals surface area contributed by atoms with Crippen LogP contribution in [0, 0.1) is 0 Å². The van der Waals surface area contributed by atoms with E-state index in [0.29, 0.717) is 12.1 Å². The normalized spacial score (nSPS) is 20.1. The van der Waals surface area contributed by atoms with Gasteiger partial charge in [-0.3, -0.25) is 0 Å². The van der Waals surface area contributed by atoms with Crippen LogP contribution in [0.5, 0.6) is 0 Å². The molecule has 0 bridgehead atoms. The molecule has 21 heavy (non-hydrogen) atoms. The summed E-state index contributed by atoms with van der Waals surface area (Å²) in [6, 6.07) is 9.10. The number of nitrogens with zero attached hydrogens (tertiary/aromatic N) is 2. The second kappa shape index (κ2) is 6.74. The number of imidazole rings is 1. The Kier molecular flexibility index (Phi) is 4.52. The van der Waals surface area contributed by atoms with E-state index in [4.69, 9.17) is 4.74 Å². The van der Waals surface area contributed by atoms with Crippen LogP contribution in [-0.2, 0) is 4.74 Å². The van der Waals surface area contributed by atoms with Gasteiger partial charge in [-0.05, 0) is 25.5 Å². The molecule has 1 aromatic carbocycles. The molecule has 0 saturated carbocycles. The number of hydrogen-bond donors (Lipinski definition) is 2. The number of rotatable bonds is 5. The van der Waals surface area contributed by atoms with Gasteiger partial charge >= 0.3 is 0 Å². The van der Waals surface area contributed by atoms with Gasteiger partial charge in [0.2, 0.25) is 0 Å². The maximum atomic E-state index is 5.51. The van der Waals surface area contributed by atoms with Crippen molar-refractivity contribution in [1.82, 2.24) is 14.9 Å². The molecule has 2 N–H and O–H groups in total. The molecule has 1 aromatic heterocycles. The van der Waals surface area contributed by atoms with E-state index in [1.165, 1.54) is 0 Å². The highest BCUT2D eigenvalue weighted by molar-refractivity contribution is 5.61. The average molecular weight is 286 g/mol. The third-order valence-corrected chi connectivity index (χ3v) is 3.73. The first kappa shape index (κ1) is 14.1. The summed E-state index contributed by atoms with van der Waals surface area (Å²) in [4.78, 5) is 4.12. The molecule has 2 aromatic rings. The molecule has 5 nitrogen and oxygen atoms in total. The van der Waals surface area contributed by atoms with Crippen LogP contribution in [0.1, 0.15) is 13.3 Å². The molecule has 2 atom stereocenters. The minimum Gasteiger partial charge on any atom is -0.381 e.